The van der Waals surface area contributed by atoms with E-state index < -0.39 is 5.91 Å². The van der Waals surface area contributed by atoms with Crippen molar-refractivity contribution >= 4 is 16.9 Å². The van der Waals surface area contributed by atoms with Crippen molar-refractivity contribution in [1.82, 2.24) is 9.97 Å². The van der Waals surface area contributed by atoms with Gasteiger partial charge in [-0.25, -0.2) is 4.98 Å². The number of fused-ring (bicyclic) bond motifs is 1. The topological polar surface area (TPSA) is 71.8 Å². The van der Waals surface area contributed by atoms with Crippen LogP contribution in [-0.2, 0) is 5.41 Å². The van der Waals surface area contributed by atoms with Gasteiger partial charge in [0.15, 0.2) is 0 Å². The number of aromatic amines is 1. The Balaban J connectivity index is 2.01. The second-order valence-corrected chi connectivity index (χ2v) is 6.51. The molecule has 0 radical (unpaired) electrons. The fraction of sp³-hybridized carbons (Fsp3) is 0.222. The molecule has 0 spiro atoms. The summed E-state index contributed by atoms with van der Waals surface area (Å²) in [6, 6.07) is 13.6. The van der Waals surface area contributed by atoms with Crippen molar-refractivity contribution in [1.29, 1.82) is 0 Å². The van der Waals surface area contributed by atoms with Crippen LogP contribution in [0, 0.1) is 0 Å². The zero-order valence-corrected chi connectivity index (χ0v) is 13.0. The Morgan fingerprint density at radius 1 is 1.09 bits per heavy atom. The molecule has 0 aliphatic carbocycles. The molecular weight excluding hydrogens is 274 g/mol. The molecule has 3 aromatic rings. The summed E-state index contributed by atoms with van der Waals surface area (Å²) in [6.07, 6.45) is 0. The maximum absolute atomic E-state index is 11.2. The van der Waals surface area contributed by atoms with Gasteiger partial charge in [-0.15, -0.1) is 0 Å². The van der Waals surface area contributed by atoms with E-state index in [0.29, 0.717) is 5.56 Å². The highest BCUT2D eigenvalue weighted by Gasteiger charge is 2.14. The second-order valence-electron chi connectivity index (χ2n) is 6.51. The molecule has 112 valence electrons. The molecule has 1 amide bonds. The Bertz CT molecular complexity index is 839. The Kier molecular flexibility index (Phi) is 3.24. The first-order valence-corrected chi connectivity index (χ1v) is 7.25. The molecule has 0 saturated heterocycles. The van der Waals surface area contributed by atoms with E-state index in [-0.39, 0.29) is 5.41 Å². The van der Waals surface area contributed by atoms with Crippen LogP contribution in [0.25, 0.3) is 22.4 Å². The molecule has 4 nitrogen and oxygen atoms in total. The number of rotatable bonds is 2. The number of benzene rings is 2. The predicted octanol–water partition coefficient (Wildman–Crippen LogP) is 3.63. The molecule has 22 heavy (non-hydrogen) atoms. The standard InChI is InChI=1S/C18H19N3O/c1-18(2,3)13-7-4-11(5-8-13)17-20-14-9-6-12(16(19)22)10-15(14)21-17/h4-10H,1-3H3,(H2,19,22)(H,20,21). The SMILES string of the molecule is CC(C)(C)c1ccc(-c2nc3ccc(C(N)=O)cc3[nH]2)cc1. The summed E-state index contributed by atoms with van der Waals surface area (Å²) in [6.45, 7) is 6.57. The lowest BCUT2D eigenvalue weighted by Crippen LogP contribution is -2.10. The van der Waals surface area contributed by atoms with E-state index in [4.69, 9.17) is 5.73 Å². The van der Waals surface area contributed by atoms with Crippen LogP contribution in [0.3, 0.4) is 0 Å². The summed E-state index contributed by atoms with van der Waals surface area (Å²) in [4.78, 5) is 19.1. The Morgan fingerprint density at radius 2 is 1.77 bits per heavy atom. The number of hydrogen-bond donors (Lipinski definition) is 2. The van der Waals surface area contributed by atoms with E-state index in [1.165, 1.54) is 5.56 Å². The molecule has 0 bridgehead atoms. The van der Waals surface area contributed by atoms with Crippen molar-refractivity contribution in [2.75, 3.05) is 0 Å². The van der Waals surface area contributed by atoms with Gasteiger partial charge in [0, 0.05) is 11.1 Å². The van der Waals surface area contributed by atoms with Gasteiger partial charge >= 0.3 is 0 Å². The minimum atomic E-state index is -0.437. The van der Waals surface area contributed by atoms with Gasteiger partial charge in [0.05, 0.1) is 11.0 Å². The maximum Gasteiger partial charge on any atom is 0.248 e. The number of aromatic nitrogens is 2. The molecule has 3 N–H and O–H groups in total. The van der Waals surface area contributed by atoms with Crippen LogP contribution < -0.4 is 5.73 Å². The van der Waals surface area contributed by atoms with Crippen molar-refractivity contribution in [3.05, 3.63) is 53.6 Å². The quantitative estimate of drug-likeness (QED) is 0.757. The van der Waals surface area contributed by atoms with Crippen molar-refractivity contribution < 1.29 is 4.79 Å². The van der Waals surface area contributed by atoms with Gasteiger partial charge < -0.3 is 10.7 Å². The summed E-state index contributed by atoms with van der Waals surface area (Å²) in [7, 11) is 0. The molecule has 0 atom stereocenters. The van der Waals surface area contributed by atoms with E-state index in [1.54, 1.807) is 18.2 Å². The minimum absolute atomic E-state index is 0.128. The summed E-state index contributed by atoms with van der Waals surface area (Å²) in [5.41, 5.74) is 9.84. The Morgan fingerprint density at radius 3 is 2.36 bits per heavy atom. The molecule has 3 rings (SSSR count). The van der Waals surface area contributed by atoms with Crippen LogP contribution in [-0.4, -0.2) is 15.9 Å². The van der Waals surface area contributed by atoms with Crippen LogP contribution in [0.1, 0.15) is 36.7 Å². The lowest BCUT2D eigenvalue weighted by molar-refractivity contribution is 0.100. The average molecular weight is 293 g/mol. The number of primary amides is 1. The highest BCUT2D eigenvalue weighted by molar-refractivity contribution is 5.96. The van der Waals surface area contributed by atoms with E-state index in [2.05, 4.69) is 55.0 Å². The molecule has 4 heteroatoms. The van der Waals surface area contributed by atoms with Crippen LogP contribution in [0.15, 0.2) is 42.5 Å². The summed E-state index contributed by atoms with van der Waals surface area (Å²) in [5, 5.41) is 0. The first-order valence-electron chi connectivity index (χ1n) is 7.25. The molecular formula is C18H19N3O. The number of nitrogens with zero attached hydrogens (tertiary/aromatic N) is 1. The summed E-state index contributed by atoms with van der Waals surface area (Å²) >= 11 is 0. The third-order valence-electron chi connectivity index (χ3n) is 3.79. The summed E-state index contributed by atoms with van der Waals surface area (Å²) in [5.74, 6) is 0.352. The lowest BCUT2D eigenvalue weighted by Gasteiger charge is -2.18. The van der Waals surface area contributed by atoms with Gasteiger partial charge in [-0.2, -0.15) is 0 Å². The fourth-order valence-electron chi connectivity index (χ4n) is 2.43. The van der Waals surface area contributed by atoms with Gasteiger partial charge in [0.2, 0.25) is 5.91 Å². The molecule has 0 fully saturated rings. The van der Waals surface area contributed by atoms with Crippen molar-refractivity contribution in [2.45, 2.75) is 26.2 Å². The molecule has 0 unspecified atom stereocenters. The summed E-state index contributed by atoms with van der Waals surface area (Å²) < 4.78 is 0. The first-order chi connectivity index (χ1) is 10.3. The van der Waals surface area contributed by atoms with Crippen LogP contribution >= 0.6 is 0 Å². The smallest absolute Gasteiger partial charge is 0.248 e. The molecule has 0 aliphatic heterocycles. The van der Waals surface area contributed by atoms with E-state index >= 15 is 0 Å². The molecule has 2 aromatic carbocycles. The number of nitrogens with one attached hydrogen (secondary N) is 1. The number of amides is 1. The van der Waals surface area contributed by atoms with Crippen molar-refractivity contribution in [3.63, 3.8) is 0 Å². The normalized spacial score (nSPS) is 11.8. The number of hydrogen-bond acceptors (Lipinski definition) is 2. The second kappa shape index (κ2) is 4.98. The number of carbonyl (C=O) groups excluding carboxylic acids is 1. The zero-order chi connectivity index (χ0) is 15.9. The van der Waals surface area contributed by atoms with Crippen LogP contribution in [0.5, 0.6) is 0 Å². The van der Waals surface area contributed by atoms with E-state index in [0.717, 1.165) is 22.4 Å². The third kappa shape index (κ3) is 2.60. The predicted molar refractivity (Wildman–Crippen MR) is 88.7 cm³/mol. The maximum atomic E-state index is 11.2. The largest absolute Gasteiger partial charge is 0.366 e. The molecule has 0 saturated carbocycles. The molecule has 0 aliphatic rings. The third-order valence-corrected chi connectivity index (χ3v) is 3.79. The van der Waals surface area contributed by atoms with E-state index in [1.807, 2.05) is 0 Å². The number of nitrogens with two attached hydrogens (primary N) is 1. The lowest BCUT2D eigenvalue weighted by atomic mass is 9.87. The first kappa shape index (κ1) is 14.3. The van der Waals surface area contributed by atoms with Gasteiger partial charge in [-0.3, -0.25) is 4.79 Å². The zero-order valence-electron chi connectivity index (χ0n) is 13.0. The molecule has 1 heterocycles. The van der Waals surface area contributed by atoms with Crippen molar-refractivity contribution in [2.24, 2.45) is 5.73 Å². The monoisotopic (exact) mass is 293 g/mol. The number of H-pyrrole nitrogens is 1. The number of carbonyl (C=O) groups is 1. The van der Waals surface area contributed by atoms with Crippen molar-refractivity contribution in [3.8, 4) is 11.4 Å². The van der Waals surface area contributed by atoms with Gasteiger partial charge in [-0.05, 0) is 29.2 Å². The minimum Gasteiger partial charge on any atom is -0.366 e. The van der Waals surface area contributed by atoms with Crippen LogP contribution in [0.2, 0.25) is 0 Å². The highest BCUT2D eigenvalue weighted by atomic mass is 16.1. The number of imidazole rings is 1. The Labute approximate surface area is 129 Å². The van der Waals surface area contributed by atoms with E-state index in [9.17, 15) is 4.79 Å². The van der Waals surface area contributed by atoms with Gasteiger partial charge in [-0.1, -0.05) is 45.0 Å². The van der Waals surface area contributed by atoms with Gasteiger partial charge in [0.1, 0.15) is 5.82 Å². The van der Waals surface area contributed by atoms with Crippen LogP contribution in [0.4, 0.5) is 0 Å². The van der Waals surface area contributed by atoms with Gasteiger partial charge in [0.25, 0.3) is 0 Å². The Hall–Kier alpha value is -2.62. The fourth-order valence-corrected chi connectivity index (χ4v) is 2.43. The average Bonchev–Trinajstić information content (AvgIpc) is 2.89. The molecule has 1 aromatic heterocycles. The highest BCUT2D eigenvalue weighted by Crippen LogP contribution is 2.26.